The van der Waals surface area contributed by atoms with Gasteiger partial charge in [-0.3, -0.25) is 0 Å². The summed E-state index contributed by atoms with van der Waals surface area (Å²) in [5.41, 5.74) is 2.43. The first-order valence-corrected chi connectivity index (χ1v) is 6.70. The van der Waals surface area contributed by atoms with Gasteiger partial charge in [0.2, 0.25) is 0 Å². The van der Waals surface area contributed by atoms with Crippen LogP contribution in [0.15, 0.2) is 18.2 Å². The Bertz CT molecular complexity index is 427. The Hall–Kier alpha value is -1.42. The number of fused-ring (bicyclic) bond motifs is 1. The smallest absolute Gasteiger partial charge is 0.143 e. The Balaban J connectivity index is 1.78. The van der Waals surface area contributed by atoms with Crippen LogP contribution < -0.4 is 15.0 Å². The molecule has 0 amide bonds. The molecule has 0 aromatic heterocycles. The summed E-state index contributed by atoms with van der Waals surface area (Å²) in [5, 5.41) is 3.44. The Morgan fingerprint density at radius 3 is 2.78 bits per heavy atom. The van der Waals surface area contributed by atoms with Gasteiger partial charge in [-0.05, 0) is 32.2 Å². The summed E-state index contributed by atoms with van der Waals surface area (Å²) in [6, 6.07) is 6.47. The van der Waals surface area contributed by atoms with Crippen LogP contribution in [0.25, 0.3) is 0 Å². The maximum atomic E-state index is 5.80. The van der Waals surface area contributed by atoms with E-state index in [1.54, 1.807) is 0 Å². The fourth-order valence-electron chi connectivity index (χ4n) is 2.53. The van der Waals surface area contributed by atoms with Crippen LogP contribution in [-0.4, -0.2) is 50.8 Å². The number of rotatable bonds is 1. The third-order valence-electron chi connectivity index (χ3n) is 3.74. The molecule has 4 nitrogen and oxygen atoms in total. The van der Waals surface area contributed by atoms with E-state index in [9.17, 15) is 0 Å². The van der Waals surface area contributed by atoms with Crippen molar-refractivity contribution in [3.05, 3.63) is 18.2 Å². The number of nitrogens with zero attached hydrogens (tertiary/aromatic N) is 2. The van der Waals surface area contributed by atoms with Crippen molar-refractivity contribution in [3.8, 4) is 5.75 Å². The molecule has 4 heteroatoms. The molecule has 1 fully saturated rings. The topological polar surface area (TPSA) is 27.7 Å². The van der Waals surface area contributed by atoms with Crippen LogP contribution >= 0.6 is 0 Å². The van der Waals surface area contributed by atoms with Crippen LogP contribution in [-0.2, 0) is 0 Å². The molecular formula is C14H21N3O. The van der Waals surface area contributed by atoms with Crippen LogP contribution in [0, 0.1) is 0 Å². The van der Waals surface area contributed by atoms with Crippen molar-refractivity contribution in [2.24, 2.45) is 0 Å². The van der Waals surface area contributed by atoms with Gasteiger partial charge in [0.15, 0.2) is 0 Å². The zero-order chi connectivity index (χ0) is 12.5. The molecule has 0 bridgehead atoms. The van der Waals surface area contributed by atoms with Crippen LogP contribution in [0.2, 0.25) is 0 Å². The Labute approximate surface area is 109 Å². The number of likely N-dealkylation sites (N-methyl/N-ethyl adjacent to an activating group) is 1. The van der Waals surface area contributed by atoms with Gasteiger partial charge in [-0.25, -0.2) is 0 Å². The number of hydrogen-bond acceptors (Lipinski definition) is 4. The molecule has 2 aliphatic heterocycles. The molecule has 18 heavy (non-hydrogen) atoms. The van der Waals surface area contributed by atoms with E-state index in [0.717, 1.165) is 44.2 Å². The molecule has 1 unspecified atom stereocenters. The fourth-order valence-corrected chi connectivity index (χ4v) is 2.53. The van der Waals surface area contributed by atoms with E-state index in [0.29, 0.717) is 0 Å². The predicted molar refractivity (Wildman–Crippen MR) is 74.7 cm³/mol. The van der Waals surface area contributed by atoms with Gasteiger partial charge in [-0.15, -0.1) is 0 Å². The Morgan fingerprint density at radius 1 is 1.22 bits per heavy atom. The van der Waals surface area contributed by atoms with Crippen molar-refractivity contribution >= 4 is 11.4 Å². The minimum Gasteiger partial charge on any atom is -0.487 e. The number of hydrogen-bond donors (Lipinski definition) is 1. The molecule has 2 aliphatic rings. The van der Waals surface area contributed by atoms with E-state index in [1.807, 2.05) is 0 Å². The first-order valence-electron chi connectivity index (χ1n) is 6.70. The molecule has 1 aromatic carbocycles. The first kappa shape index (κ1) is 11.7. The summed E-state index contributed by atoms with van der Waals surface area (Å²) >= 11 is 0. The zero-order valence-corrected chi connectivity index (χ0v) is 11.1. The quantitative estimate of drug-likeness (QED) is 0.816. The molecular weight excluding hydrogens is 226 g/mol. The summed E-state index contributed by atoms with van der Waals surface area (Å²) in [5.74, 6) is 0.978. The highest BCUT2D eigenvalue weighted by Gasteiger charge is 2.19. The molecule has 0 aliphatic carbocycles. The molecule has 0 radical (unpaired) electrons. The molecule has 1 atom stereocenters. The molecule has 1 saturated heterocycles. The lowest BCUT2D eigenvalue weighted by atomic mass is 10.2. The maximum Gasteiger partial charge on any atom is 0.143 e. The normalized spacial score (nSPS) is 24.1. The molecule has 3 rings (SSSR count). The second kappa shape index (κ2) is 4.69. The fraction of sp³-hybridized carbons (Fsp3) is 0.571. The van der Waals surface area contributed by atoms with Gasteiger partial charge in [0.05, 0.1) is 12.2 Å². The predicted octanol–water partition coefficient (Wildman–Crippen LogP) is 1.63. The number of anilines is 2. The van der Waals surface area contributed by atoms with Gasteiger partial charge >= 0.3 is 0 Å². The van der Waals surface area contributed by atoms with Crippen LogP contribution in [0.1, 0.15) is 6.92 Å². The molecule has 0 spiro atoms. The monoisotopic (exact) mass is 247 g/mol. The van der Waals surface area contributed by atoms with Crippen molar-refractivity contribution in [2.45, 2.75) is 13.0 Å². The van der Waals surface area contributed by atoms with Gasteiger partial charge < -0.3 is 19.9 Å². The van der Waals surface area contributed by atoms with Gasteiger partial charge in [0.25, 0.3) is 0 Å². The summed E-state index contributed by atoms with van der Waals surface area (Å²) in [7, 11) is 2.18. The molecule has 2 heterocycles. The highest BCUT2D eigenvalue weighted by atomic mass is 16.5. The number of benzene rings is 1. The molecule has 1 N–H and O–H groups in total. The van der Waals surface area contributed by atoms with Gasteiger partial charge in [-0.2, -0.15) is 0 Å². The third kappa shape index (κ3) is 2.25. The van der Waals surface area contributed by atoms with E-state index >= 15 is 0 Å². The summed E-state index contributed by atoms with van der Waals surface area (Å²) in [6.07, 6.45) is 0.256. The van der Waals surface area contributed by atoms with Crippen molar-refractivity contribution in [3.63, 3.8) is 0 Å². The standard InChI is InChI=1S/C14H21N3O/c1-11-10-15-13-9-12(3-4-14(13)18-11)17-7-5-16(2)6-8-17/h3-4,9,11,15H,5-8,10H2,1-2H3. The average molecular weight is 247 g/mol. The highest BCUT2D eigenvalue weighted by Crippen LogP contribution is 2.33. The molecule has 0 saturated carbocycles. The third-order valence-corrected chi connectivity index (χ3v) is 3.74. The number of nitrogens with one attached hydrogen (secondary N) is 1. The highest BCUT2D eigenvalue weighted by molar-refractivity contribution is 5.66. The maximum absolute atomic E-state index is 5.80. The molecule has 98 valence electrons. The first-order chi connectivity index (χ1) is 8.72. The lowest BCUT2D eigenvalue weighted by Gasteiger charge is -2.35. The summed E-state index contributed by atoms with van der Waals surface area (Å²) in [4.78, 5) is 4.82. The second-order valence-corrected chi connectivity index (χ2v) is 5.28. The van der Waals surface area contributed by atoms with E-state index in [2.05, 4.69) is 47.3 Å². The van der Waals surface area contributed by atoms with Crippen molar-refractivity contribution < 1.29 is 4.74 Å². The van der Waals surface area contributed by atoms with Gasteiger partial charge in [0.1, 0.15) is 11.9 Å². The van der Waals surface area contributed by atoms with Crippen LogP contribution in [0.3, 0.4) is 0 Å². The minimum absolute atomic E-state index is 0.256. The Morgan fingerprint density at radius 2 is 2.00 bits per heavy atom. The van der Waals surface area contributed by atoms with Crippen molar-refractivity contribution in [1.82, 2.24) is 4.90 Å². The van der Waals surface area contributed by atoms with Crippen molar-refractivity contribution in [2.75, 3.05) is 50.0 Å². The average Bonchev–Trinajstić information content (AvgIpc) is 2.39. The van der Waals surface area contributed by atoms with E-state index < -0.39 is 0 Å². The van der Waals surface area contributed by atoms with Crippen LogP contribution in [0.5, 0.6) is 5.75 Å². The minimum atomic E-state index is 0.256. The SMILES string of the molecule is CC1CNc2cc(N3CCN(C)CC3)ccc2O1. The van der Waals surface area contributed by atoms with E-state index in [-0.39, 0.29) is 6.10 Å². The van der Waals surface area contributed by atoms with E-state index in [4.69, 9.17) is 4.74 Å². The second-order valence-electron chi connectivity index (χ2n) is 5.28. The lowest BCUT2D eigenvalue weighted by Crippen LogP contribution is -2.44. The number of ether oxygens (including phenoxy) is 1. The largest absolute Gasteiger partial charge is 0.487 e. The summed E-state index contributed by atoms with van der Waals surface area (Å²) in [6.45, 7) is 7.46. The van der Waals surface area contributed by atoms with Crippen LogP contribution in [0.4, 0.5) is 11.4 Å². The van der Waals surface area contributed by atoms with Crippen molar-refractivity contribution in [1.29, 1.82) is 0 Å². The van der Waals surface area contributed by atoms with Gasteiger partial charge in [-0.1, -0.05) is 0 Å². The number of piperazine rings is 1. The van der Waals surface area contributed by atoms with E-state index in [1.165, 1.54) is 5.69 Å². The lowest BCUT2D eigenvalue weighted by molar-refractivity contribution is 0.226. The molecule has 1 aromatic rings. The summed E-state index contributed by atoms with van der Waals surface area (Å²) < 4.78 is 5.80. The van der Waals surface area contributed by atoms with Gasteiger partial charge in [0, 0.05) is 31.9 Å². The zero-order valence-electron chi connectivity index (χ0n) is 11.1. The Kier molecular flexibility index (Phi) is 3.04.